The number of alkyl halides is 1. The molecule has 0 aromatic heterocycles. The lowest BCUT2D eigenvalue weighted by atomic mass is 10.0. The molecule has 2 aromatic rings. The molecular formula is C14H10Cl4. The van der Waals surface area contributed by atoms with Gasteiger partial charge < -0.3 is 0 Å². The van der Waals surface area contributed by atoms with Crippen LogP contribution in [0.15, 0.2) is 42.5 Å². The smallest absolute Gasteiger partial charge is 0.0640 e. The van der Waals surface area contributed by atoms with Crippen LogP contribution in [0, 0.1) is 0 Å². The van der Waals surface area contributed by atoms with E-state index < -0.39 is 0 Å². The number of benzene rings is 2. The highest BCUT2D eigenvalue weighted by Crippen LogP contribution is 2.35. The maximum absolute atomic E-state index is 6.38. The van der Waals surface area contributed by atoms with E-state index in [2.05, 4.69) is 0 Å². The summed E-state index contributed by atoms with van der Waals surface area (Å²) in [6.07, 6.45) is 0.655. The highest BCUT2D eigenvalue weighted by molar-refractivity contribution is 6.43. The SMILES string of the molecule is Clc1cccc(CC(Cl)c2cccc(Cl)c2Cl)c1. The second kappa shape index (κ2) is 6.16. The van der Waals surface area contributed by atoms with E-state index in [9.17, 15) is 0 Å². The van der Waals surface area contributed by atoms with Gasteiger partial charge in [0, 0.05) is 5.02 Å². The Morgan fingerprint density at radius 2 is 1.67 bits per heavy atom. The largest absolute Gasteiger partial charge is 0.117 e. The van der Waals surface area contributed by atoms with Crippen LogP contribution in [0.25, 0.3) is 0 Å². The molecule has 0 aliphatic carbocycles. The molecule has 0 saturated carbocycles. The summed E-state index contributed by atoms with van der Waals surface area (Å²) < 4.78 is 0. The molecular weight excluding hydrogens is 310 g/mol. The van der Waals surface area contributed by atoms with Gasteiger partial charge in [0.2, 0.25) is 0 Å². The fraction of sp³-hybridized carbons (Fsp3) is 0.143. The quantitative estimate of drug-likeness (QED) is 0.593. The van der Waals surface area contributed by atoms with E-state index in [0.717, 1.165) is 11.1 Å². The Morgan fingerprint density at radius 1 is 0.944 bits per heavy atom. The third-order valence-corrected chi connectivity index (χ3v) is 4.08. The lowest BCUT2D eigenvalue weighted by Crippen LogP contribution is -1.97. The molecule has 0 radical (unpaired) electrons. The summed E-state index contributed by atoms with van der Waals surface area (Å²) in [4.78, 5) is 0. The third kappa shape index (κ3) is 3.33. The van der Waals surface area contributed by atoms with E-state index in [1.54, 1.807) is 6.07 Å². The van der Waals surface area contributed by atoms with Gasteiger partial charge in [0.05, 0.1) is 15.4 Å². The minimum atomic E-state index is -0.227. The summed E-state index contributed by atoms with van der Waals surface area (Å²) >= 11 is 24.4. The van der Waals surface area contributed by atoms with Gasteiger partial charge in [-0.15, -0.1) is 11.6 Å². The molecule has 0 bridgehead atoms. The minimum Gasteiger partial charge on any atom is -0.117 e. The van der Waals surface area contributed by atoms with Gasteiger partial charge in [0.1, 0.15) is 0 Å². The van der Waals surface area contributed by atoms with Crippen molar-refractivity contribution in [1.82, 2.24) is 0 Å². The van der Waals surface area contributed by atoms with Gasteiger partial charge in [0.25, 0.3) is 0 Å². The fourth-order valence-electron chi connectivity index (χ4n) is 1.74. The van der Waals surface area contributed by atoms with Crippen LogP contribution >= 0.6 is 46.4 Å². The van der Waals surface area contributed by atoms with Crippen molar-refractivity contribution in [3.63, 3.8) is 0 Å². The van der Waals surface area contributed by atoms with Crippen molar-refractivity contribution >= 4 is 46.4 Å². The molecule has 0 fully saturated rings. The first-order chi connectivity index (χ1) is 8.58. The number of hydrogen-bond donors (Lipinski definition) is 0. The summed E-state index contributed by atoms with van der Waals surface area (Å²) in [5.41, 5.74) is 1.91. The molecule has 0 aliphatic heterocycles. The first kappa shape index (κ1) is 14.0. The first-order valence-corrected chi connectivity index (χ1v) is 6.97. The highest BCUT2D eigenvalue weighted by Gasteiger charge is 2.14. The van der Waals surface area contributed by atoms with Crippen LogP contribution in [0.2, 0.25) is 15.1 Å². The van der Waals surface area contributed by atoms with E-state index in [1.165, 1.54) is 0 Å². The van der Waals surface area contributed by atoms with Gasteiger partial charge in [0.15, 0.2) is 0 Å². The van der Waals surface area contributed by atoms with Crippen molar-refractivity contribution in [3.05, 3.63) is 68.7 Å². The lowest BCUT2D eigenvalue weighted by Gasteiger charge is -2.12. The van der Waals surface area contributed by atoms with Crippen molar-refractivity contribution in [3.8, 4) is 0 Å². The predicted octanol–water partition coefficient (Wildman–Crippen LogP) is 6.17. The Hall–Kier alpha value is -0.400. The second-order valence-corrected chi connectivity index (χ2v) is 5.69. The summed E-state index contributed by atoms with van der Waals surface area (Å²) in [7, 11) is 0. The van der Waals surface area contributed by atoms with Crippen LogP contribution in [0.4, 0.5) is 0 Å². The molecule has 0 heterocycles. The van der Waals surface area contributed by atoms with Gasteiger partial charge in [-0.05, 0) is 35.7 Å². The maximum atomic E-state index is 6.38. The van der Waals surface area contributed by atoms with Crippen LogP contribution in [0.5, 0.6) is 0 Å². The number of halogens is 4. The fourth-order valence-corrected chi connectivity index (χ4v) is 2.81. The van der Waals surface area contributed by atoms with E-state index in [-0.39, 0.29) is 5.38 Å². The summed E-state index contributed by atoms with van der Waals surface area (Å²) in [5, 5.41) is 1.51. The molecule has 94 valence electrons. The zero-order valence-electron chi connectivity index (χ0n) is 9.34. The molecule has 0 nitrogen and oxygen atoms in total. The first-order valence-electron chi connectivity index (χ1n) is 5.40. The average molecular weight is 320 g/mol. The zero-order chi connectivity index (χ0) is 13.1. The Kier molecular flexibility index (Phi) is 4.80. The zero-order valence-corrected chi connectivity index (χ0v) is 12.4. The third-order valence-electron chi connectivity index (χ3n) is 2.62. The van der Waals surface area contributed by atoms with Crippen molar-refractivity contribution in [2.45, 2.75) is 11.8 Å². The predicted molar refractivity (Wildman–Crippen MR) is 80.2 cm³/mol. The Morgan fingerprint density at radius 3 is 2.39 bits per heavy atom. The standard InChI is InChI=1S/C14H10Cl4/c15-10-4-1-3-9(7-10)8-13(17)11-5-2-6-12(16)14(11)18/h1-7,13H,8H2. The van der Waals surface area contributed by atoms with Gasteiger partial charge in [-0.1, -0.05) is 59.1 Å². The van der Waals surface area contributed by atoms with Crippen molar-refractivity contribution in [2.24, 2.45) is 0 Å². The van der Waals surface area contributed by atoms with Crippen LogP contribution in [0.3, 0.4) is 0 Å². The molecule has 0 spiro atoms. The molecule has 18 heavy (non-hydrogen) atoms. The highest BCUT2D eigenvalue weighted by atomic mass is 35.5. The average Bonchev–Trinajstić information content (AvgIpc) is 2.32. The number of rotatable bonds is 3. The van der Waals surface area contributed by atoms with Crippen LogP contribution in [0.1, 0.15) is 16.5 Å². The van der Waals surface area contributed by atoms with Gasteiger partial charge in [-0.3, -0.25) is 0 Å². The van der Waals surface area contributed by atoms with E-state index in [4.69, 9.17) is 46.4 Å². The molecule has 4 heteroatoms. The van der Waals surface area contributed by atoms with Gasteiger partial charge in [-0.2, -0.15) is 0 Å². The van der Waals surface area contributed by atoms with Gasteiger partial charge in [-0.25, -0.2) is 0 Å². The van der Waals surface area contributed by atoms with Crippen molar-refractivity contribution < 1.29 is 0 Å². The van der Waals surface area contributed by atoms with Crippen molar-refractivity contribution in [1.29, 1.82) is 0 Å². The molecule has 2 rings (SSSR count). The van der Waals surface area contributed by atoms with E-state index in [1.807, 2.05) is 36.4 Å². The Bertz CT molecular complexity index is 551. The molecule has 1 atom stereocenters. The molecule has 0 aliphatic rings. The second-order valence-electron chi connectivity index (χ2n) is 3.94. The minimum absolute atomic E-state index is 0.227. The summed E-state index contributed by atoms with van der Waals surface area (Å²) in [6, 6.07) is 13.1. The number of hydrogen-bond acceptors (Lipinski definition) is 0. The molecule has 0 saturated heterocycles. The van der Waals surface area contributed by atoms with Gasteiger partial charge >= 0.3 is 0 Å². The molecule has 0 N–H and O–H groups in total. The van der Waals surface area contributed by atoms with E-state index in [0.29, 0.717) is 21.5 Å². The Labute approximate surface area is 126 Å². The molecule has 1 unspecified atom stereocenters. The topological polar surface area (TPSA) is 0 Å². The van der Waals surface area contributed by atoms with E-state index >= 15 is 0 Å². The Balaban J connectivity index is 2.22. The van der Waals surface area contributed by atoms with Crippen molar-refractivity contribution in [2.75, 3.05) is 0 Å². The molecule has 2 aromatic carbocycles. The summed E-state index contributed by atoms with van der Waals surface area (Å²) in [6.45, 7) is 0. The monoisotopic (exact) mass is 318 g/mol. The van der Waals surface area contributed by atoms with Crippen LogP contribution < -0.4 is 0 Å². The van der Waals surface area contributed by atoms with Crippen LogP contribution in [-0.4, -0.2) is 0 Å². The lowest BCUT2D eigenvalue weighted by molar-refractivity contribution is 0.920. The summed E-state index contributed by atoms with van der Waals surface area (Å²) in [5.74, 6) is 0. The maximum Gasteiger partial charge on any atom is 0.0640 e. The molecule has 0 amide bonds. The van der Waals surface area contributed by atoms with Crippen LogP contribution in [-0.2, 0) is 6.42 Å². The normalized spacial score (nSPS) is 12.4.